The van der Waals surface area contributed by atoms with Gasteiger partial charge in [0.15, 0.2) is 14.6 Å². The molecule has 0 spiro atoms. The molecule has 2 aliphatic rings. The summed E-state index contributed by atoms with van der Waals surface area (Å²) < 4.78 is 18.1. The van der Waals surface area contributed by atoms with Crippen LogP contribution in [-0.4, -0.2) is 40.9 Å². The zero-order chi connectivity index (χ0) is 25.9. The standard InChI is InChI=1S/C29H50O4Si2/c1-29(2,35(7,8)30)20-23(15-14-22-12-10-9-11-13-22)16-17-25-24(21-32-34(4,5)6)18-27-26(25)19-28(31-3)33-27/h9-13,21,23,25-28,30H,14-20H2,1-8H3/t23-,25-,26+,27-,28?/m0/s1. The zero-order valence-corrected chi connectivity index (χ0v) is 25.5. The Kier molecular flexibility index (Phi) is 9.52. The van der Waals surface area contributed by atoms with E-state index < -0.39 is 16.6 Å². The summed E-state index contributed by atoms with van der Waals surface area (Å²) in [6.45, 7) is 15.5. The predicted octanol–water partition coefficient (Wildman–Crippen LogP) is 7.52. The smallest absolute Gasteiger partial charge is 0.241 e. The molecule has 0 aromatic heterocycles. The third kappa shape index (κ3) is 8.03. The summed E-state index contributed by atoms with van der Waals surface area (Å²) in [5.41, 5.74) is 2.85. The number of aryl methyl sites for hydroxylation is 1. The van der Waals surface area contributed by atoms with E-state index in [2.05, 4.69) is 83.2 Å². The van der Waals surface area contributed by atoms with Gasteiger partial charge < -0.3 is 18.7 Å². The molecule has 3 rings (SSSR count). The molecule has 4 nitrogen and oxygen atoms in total. The van der Waals surface area contributed by atoms with Crippen molar-refractivity contribution in [2.75, 3.05) is 7.11 Å². The van der Waals surface area contributed by atoms with Gasteiger partial charge in [-0.1, -0.05) is 44.2 Å². The van der Waals surface area contributed by atoms with Crippen LogP contribution in [-0.2, 0) is 20.3 Å². The Balaban J connectivity index is 1.74. The molecule has 1 aliphatic carbocycles. The summed E-state index contributed by atoms with van der Waals surface area (Å²) in [6, 6.07) is 10.8. The van der Waals surface area contributed by atoms with Gasteiger partial charge in [-0.15, -0.1) is 0 Å². The normalized spacial score (nSPS) is 27.3. The topological polar surface area (TPSA) is 47.9 Å². The Bertz CT molecular complexity index is 825. The maximum absolute atomic E-state index is 11.0. The summed E-state index contributed by atoms with van der Waals surface area (Å²) in [5.74, 6) is 1.60. The molecule has 1 aromatic rings. The maximum Gasteiger partial charge on any atom is 0.241 e. The van der Waals surface area contributed by atoms with Crippen molar-refractivity contribution in [1.82, 2.24) is 0 Å². The lowest BCUT2D eigenvalue weighted by atomic mass is 9.81. The number of ether oxygens (including phenoxy) is 2. The first kappa shape index (κ1) is 28.6. The Morgan fingerprint density at radius 3 is 2.40 bits per heavy atom. The van der Waals surface area contributed by atoms with Gasteiger partial charge in [0.1, 0.15) is 0 Å². The highest BCUT2D eigenvalue weighted by Gasteiger charge is 2.47. The van der Waals surface area contributed by atoms with Gasteiger partial charge in [-0.25, -0.2) is 0 Å². The molecule has 1 N–H and O–H groups in total. The molecule has 0 bridgehead atoms. The molecule has 1 saturated carbocycles. The quantitative estimate of drug-likeness (QED) is 0.230. The summed E-state index contributed by atoms with van der Waals surface area (Å²) in [7, 11) is -2.13. The van der Waals surface area contributed by atoms with Crippen LogP contribution in [0.5, 0.6) is 0 Å². The van der Waals surface area contributed by atoms with Crippen molar-refractivity contribution in [2.45, 2.75) is 109 Å². The summed E-state index contributed by atoms with van der Waals surface area (Å²) in [5, 5.41) is -0.0101. The van der Waals surface area contributed by atoms with Crippen LogP contribution in [0, 0.1) is 17.8 Å². The Morgan fingerprint density at radius 2 is 1.80 bits per heavy atom. The molecular weight excluding hydrogens is 468 g/mol. The van der Waals surface area contributed by atoms with Gasteiger partial charge in [-0.3, -0.25) is 0 Å². The van der Waals surface area contributed by atoms with E-state index in [0.29, 0.717) is 17.8 Å². The first-order valence-electron chi connectivity index (χ1n) is 13.6. The van der Waals surface area contributed by atoms with Crippen molar-refractivity contribution in [2.24, 2.45) is 17.8 Å². The van der Waals surface area contributed by atoms with Crippen LogP contribution in [0.4, 0.5) is 0 Å². The molecule has 2 fully saturated rings. The Hall–Kier alpha value is -0.926. The number of methoxy groups -OCH3 is 1. The molecule has 0 radical (unpaired) electrons. The minimum absolute atomic E-state index is 0.0101. The third-order valence-corrected chi connectivity index (χ3v) is 12.9. The van der Waals surface area contributed by atoms with Crippen molar-refractivity contribution in [3.8, 4) is 0 Å². The van der Waals surface area contributed by atoms with Gasteiger partial charge in [-0.2, -0.15) is 0 Å². The predicted molar refractivity (Wildman–Crippen MR) is 150 cm³/mol. The van der Waals surface area contributed by atoms with Crippen LogP contribution in [0.1, 0.15) is 57.9 Å². The molecule has 1 saturated heterocycles. The third-order valence-electron chi connectivity index (χ3n) is 8.55. The Labute approximate surface area is 216 Å². The van der Waals surface area contributed by atoms with Crippen LogP contribution in [0.3, 0.4) is 0 Å². The van der Waals surface area contributed by atoms with E-state index in [1.165, 1.54) is 24.0 Å². The lowest BCUT2D eigenvalue weighted by molar-refractivity contribution is -0.113. The minimum atomic E-state index is -2.26. The number of hydrogen-bond acceptors (Lipinski definition) is 4. The van der Waals surface area contributed by atoms with Gasteiger partial charge in [0, 0.05) is 13.5 Å². The number of fused-ring (bicyclic) bond motifs is 1. The Morgan fingerprint density at radius 1 is 1.11 bits per heavy atom. The first-order chi connectivity index (χ1) is 16.3. The van der Waals surface area contributed by atoms with E-state index >= 15 is 0 Å². The van der Waals surface area contributed by atoms with Crippen molar-refractivity contribution in [3.05, 3.63) is 47.7 Å². The molecule has 0 amide bonds. The average molecular weight is 519 g/mol. The molecular formula is C29H50O4Si2. The lowest BCUT2D eigenvalue weighted by Gasteiger charge is -2.38. The van der Waals surface area contributed by atoms with Crippen molar-refractivity contribution < 1.29 is 18.7 Å². The van der Waals surface area contributed by atoms with Crippen LogP contribution in [0.2, 0.25) is 37.8 Å². The van der Waals surface area contributed by atoms with E-state index in [4.69, 9.17) is 13.9 Å². The highest BCUT2D eigenvalue weighted by atomic mass is 28.4. The average Bonchev–Trinajstić information content (AvgIpc) is 3.31. The molecule has 35 heavy (non-hydrogen) atoms. The van der Waals surface area contributed by atoms with E-state index in [-0.39, 0.29) is 17.4 Å². The van der Waals surface area contributed by atoms with E-state index in [1.807, 2.05) is 0 Å². The first-order valence-corrected chi connectivity index (χ1v) is 20.0. The minimum Gasteiger partial charge on any atom is -0.550 e. The van der Waals surface area contributed by atoms with E-state index in [0.717, 1.165) is 32.1 Å². The lowest BCUT2D eigenvalue weighted by Crippen LogP contribution is -2.40. The van der Waals surface area contributed by atoms with Gasteiger partial charge in [0.25, 0.3) is 0 Å². The molecule has 1 aliphatic heterocycles. The molecule has 1 heterocycles. The molecule has 5 atom stereocenters. The fourth-order valence-corrected chi connectivity index (χ4v) is 6.99. The molecule has 1 aromatic carbocycles. The van der Waals surface area contributed by atoms with Crippen LogP contribution >= 0.6 is 0 Å². The SMILES string of the molecule is COC1C[C@H]2[C@H](CC(=CO[Si](C)(C)C)[C@@H]2CC[C@H](CCc2ccccc2)CC(C)(C)[Si](C)(C)O)O1. The van der Waals surface area contributed by atoms with Crippen LogP contribution < -0.4 is 0 Å². The highest BCUT2D eigenvalue weighted by molar-refractivity contribution is 6.72. The fourth-order valence-electron chi connectivity index (χ4n) is 5.70. The molecule has 6 heteroatoms. The second kappa shape index (κ2) is 11.6. The summed E-state index contributed by atoms with van der Waals surface area (Å²) >= 11 is 0. The zero-order valence-electron chi connectivity index (χ0n) is 23.5. The largest absolute Gasteiger partial charge is 0.550 e. The second-order valence-electron chi connectivity index (χ2n) is 13.1. The van der Waals surface area contributed by atoms with Gasteiger partial charge >= 0.3 is 0 Å². The van der Waals surface area contributed by atoms with Crippen molar-refractivity contribution in [3.63, 3.8) is 0 Å². The number of rotatable bonds is 12. The maximum atomic E-state index is 11.0. The molecule has 198 valence electrons. The second-order valence-corrected chi connectivity index (χ2v) is 22.0. The van der Waals surface area contributed by atoms with Crippen molar-refractivity contribution in [1.29, 1.82) is 0 Å². The van der Waals surface area contributed by atoms with Gasteiger partial charge in [-0.05, 0) is 105 Å². The number of benzene rings is 1. The molecule has 1 unspecified atom stereocenters. The van der Waals surface area contributed by atoms with E-state index in [1.54, 1.807) is 7.11 Å². The van der Waals surface area contributed by atoms with Gasteiger partial charge in [0.2, 0.25) is 8.32 Å². The van der Waals surface area contributed by atoms with E-state index in [9.17, 15) is 4.80 Å². The van der Waals surface area contributed by atoms with Crippen molar-refractivity contribution >= 4 is 16.6 Å². The van der Waals surface area contributed by atoms with Gasteiger partial charge in [0.05, 0.1) is 12.4 Å². The van der Waals surface area contributed by atoms with Crippen LogP contribution in [0.15, 0.2) is 42.2 Å². The fraction of sp³-hybridized carbons (Fsp3) is 0.724. The monoisotopic (exact) mass is 518 g/mol. The number of hydrogen-bond donors (Lipinski definition) is 1. The van der Waals surface area contributed by atoms with Crippen LogP contribution in [0.25, 0.3) is 0 Å². The highest BCUT2D eigenvalue weighted by Crippen LogP contribution is 2.50. The summed E-state index contributed by atoms with van der Waals surface area (Å²) in [4.78, 5) is 11.0. The summed E-state index contributed by atoms with van der Waals surface area (Å²) in [6.07, 6.45) is 9.92.